The topological polar surface area (TPSA) is 93.7 Å². The molecule has 3 amide bonds. The van der Waals surface area contributed by atoms with Crippen molar-refractivity contribution in [1.82, 2.24) is 10.6 Å². The van der Waals surface area contributed by atoms with Crippen LogP contribution in [0.4, 0.5) is 0 Å². The molecular formula is C21H20N2O5. The van der Waals surface area contributed by atoms with Crippen LogP contribution in [0.3, 0.4) is 0 Å². The normalized spacial score (nSPS) is 14.3. The first kappa shape index (κ1) is 19.2. The second-order valence-corrected chi connectivity index (χ2v) is 6.04. The first-order chi connectivity index (χ1) is 13.5. The van der Waals surface area contributed by atoms with Crippen LogP contribution in [-0.4, -0.2) is 38.0 Å². The van der Waals surface area contributed by atoms with Gasteiger partial charge in [-0.1, -0.05) is 24.3 Å². The molecule has 144 valence electrons. The SMILES string of the molecule is CCNC(=O)COc1ccc(/C=C2\C(=O)NC(=O)c3ccccc32)cc1OC. The summed E-state index contributed by atoms with van der Waals surface area (Å²) >= 11 is 0. The zero-order valence-electron chi connectivity index (χ0n) is 15.6. The molecule has 0 spiro atoms. The highest BCUT2D eigenvalue weighted by Gasteiger charge is 2.26. The fraction of sp³-hybridized carbons (Fsp3) is 0.190. The van der Waals surface area contributed by atoms with Crippen LogP contribution in [0.15, 0.2) is 42.5 Å². The van der Waals surface area contributed by atoms with E-state index >= 15 is 0 Å². The number of carbonyl (C=O) groups excluding carboxylic acids is 3. The van der Waals surface area contributed by atoms with E-state index in [4.69, 9.17) is 9.47 Å². The number of likely N-dealkylation sites (N-methyl/N-ethyl adjacent to an activating group) is 1. The van der Waals surface area contributed by atoms with E-state index in [-0.39, 0.29) is 12.5 Å². The smallest absolute Gasteiger partial charge is 0.258 e. The van der Waals surface area contributed by atoms with E-state index in [1.54, 1.807) is 48.5 Å². The predicted molar refractivity (Wildman–Crippen MR) is 104 cm³/mol. The number of benzene rings is 2. The number of hydrogen-bond donors (Lipinski definition) is 2. The van der Waals surface area contributed by atoms with Crippen molar-refractivity contribution in [3.8, 4) is 11.5 Å². The quantitative estimate of drug-likeness (QED) is 0.591. The number of amides is 3. The first-order valence-electron chi connectivity index (χ1n) is 8.77. The van der Waals surface area contributed by atoms with Gasteiger partial charge in [0.05, 0.1) is 7.11 Å². The summed E-state index contributed by atoms with van der Waals surface area (Å²) in [5, 5.41) is 4.99. The lowest BCUT2D eigenvalue weighted by molar-refractivity contribution is -0.123. The molecule has 28 heavy (non-hydrogen) atoms. The Morgan fingerprint density at radius 3 is 2.54 bits per heavy atom. The Morgan fingerprint density at radius 1 is 1.07 bits per heavy atom. The Hall–Kier alpha value is -3.61. The highest BCUT2D eigenvalue weighted by atomic mass is 16.5. The molecule has 0 fully saturated rings. The van der Waals surface area contributed by atoms with Crippen LogP contribution in [0.25, 0.3) is 11.6 Å². The molecule has 0 aromatic heterocycles. The third kappa shape index (κ3) is 4.03. The van der Waals surface area contributed by atoms with Crippen LogP contribution < -0.4 is 20.1 Å². The third-order valence-corrected chi connectivity index (χ3v) is 4.16. The van der Waals surface area contributed by atoms with Crippen LogP contribution in [-0.2, 0) is 9.59 Å². The van der Waals surface area contributed by atoms with Crippen LogP contribution in [0, 0.1) is 0 Å². The molecule has 2 aromatic carbocycles. The first-order valence-corrected chi connectivity index (χ1v) is 8.77. The van der Waals surface area contributed by atoms with Gasteiger partial charge >= 0.3 is 0 Å². The minimum absolute atomic E-state index is 0.122. The van der Waals surface area contributed by atoms with Crippen molar-refractivity contribution in [2.75, 3.05) is 20.3 Å². The number of hydrogen-bond acceptors (Lipinski definition) is 5. The number of ether oxygens (including phenoxy) is 2. The van der Waals surface area contributed by atoms with Gasteiger partial charge in [-0.25, -0.2) is 0 Å². The van der Waals surface area contributed by atoms with E-state index in [1.807, 2.05) is 6.92 Å². The molecule has 0 bridgehead atoms. The summed E-state index contributed by atoms with van der Waals surface area (Å²) in [5.74, 6) is -0.252. The number of nitrogens with one attached hydrogen (secondary N) is 2. The molecule has 0 unspecified atom stereocenters. The summed E-state index contributed by atoms with van der Waals surface area (Å²) < 4.78 is 10.8. The second-order valence-electron chi connectivity index (χ2n) is 6.04. The Bertz CT molecular complexity index is 965. The minimum Gasteiger partial charge on any atom is -0.493 e. The lowest BCUT2D eigenvalue weighted by atomic mass is 9.93. The van der Waals surface area contributed by atoms with Crippen molar-refractivity contribution in [3.05, 3.63) is 59.2 Å². The van der Waals surface area contributed by atoms with E-state index in [0.29, 0.717) is 40.3 Å². The molecule has 0 radical (unpaired) electrons. The van der Waals surface area contributed by atoms with Crippen molar-refractivity contribution in [2.24, 2.45) is 0 Å². The standard InChI is InChI=1S/C21H20N2O5/c1-3-22-19(24)12-28-17-9-8-13(11-18(17)27-2)10-16-14-6-4-5-7-15(14)20(25)23-21(16)26/h4-11H,3,12H2,1-2H3,(H,22,24)(H,23,25,26)/b16-10-. The van der Waals surface area contributed by atoms with Gasteiger partial charge in [-0.2, -0.15) is 0 Å². The number of fused-ring (bicyclic) bond motifs is 1. The summed E-state index contributed by atoms with van der Waals surface area (Å²) in [6, 6.07) is 12.0. The van der Waals surface area contributed by atoms with E-state index in [0.717, 1.165) is 0 Å². The maximum Gasteiger partial charge on any atom is 0.258 e. The Balaban J connectivity index is 1.90. The summed E-state index contributed by atoms with van der Waals surface area (Å²) in [7, 11) is 1.49. The average Bonchev–Trinajstić information content (AvgIpc) is 2.70. The molecule has 7 nitrogen and oxygen atoms in total. The fourth-order valence-corrected chi connectivity index (χ4v) is 2.87. The molecule has 0 saturated carbocycles. The van der Waals surface area contributed by atoms with Gasteiger partial charge in [-0.15, -0.1) is 0 Å². The van der Waals surface area contributed by atoms with E-state index in [2.05, 4.69) is 10.6 Å². The van der Waals surface area contributed by atoms with Gasteiger partial charge < -0.3 is 14.8 Å². The summed E-state index contributed by atoms with van der Waals surface area (Å²) in [6.07, 6.45) is 1.68. The highest BCUT2D eigenvalue weighted by Crippen LogP contribution is 2.31. The van der Waals surface area contributed by atoms with Crippen LogP contribution >= 0.6 is 0 Å². The molecule has 0 atom stereocenters. The number of methoxy groups -OCH3 is 1. The summed E-state index contributed by atoms with van der Waals surface area (Å²) in [6.45, 7) is 2.23. The van der Waals surface area contributed by atoms with Gasteiger partial charge in [-0.05, 0) is 42.3 Å². The number of rotatable bonds is 6. The van der Waals surface area contributed by atoms with Crippen molar-refractivity contribution in [3.63, 3.8) is 0 Å². The van der Waals surface area contributed by atoms with Gasteiger partial charge in [0.15, 0.2) is 18.1 Å². The maximum absolute atomic E-state index is 12.3. The average molecular weight is 380 g/mol. The minimum atomic E-state index is -0.459. The molecule has 0 aliphatic carbocycles. The maximum atomic E-state index is 12.3. The second kappa shape index (κ2) is 8.39. The zero-order valence-corrected chi connectivity index (χ0v) is 15.6. The van der Waals surface area contributed by atoms with Crippen LogP contribution in [0.2, 0.25) is 0 Å². The third-order valence-electron chi connectivity index (χ3n) is 4.16. The molecule has 0 saturated heterocycles. The summed E-state index contributed by atoms with van der Waals surface area (Å²) in [5.41, 5.74) is 2.10. The van der Waals surface area contributed by atoms with Gasteiger partial charge in [0.1, 0.15) is 0 Å². The van der Waals surface area contributed by atoms with Gasteiger partial charge in [0.25, 0.3) is 17.7 Å². The summed E-state index contributed by atoms with van der Waals surface area (Å²) in [4.78, 5) is 35.9. The van der Waals surface area contributed by atoms with E-state index < -0.39 is 11.8 Å². The fourth-order valence-electron chi connectivity index (χ4n) is 2.87. The van der Waals surface area contributed by atoms with Gasteiger partial charge in [-0.3, -0.25) is 19.7 Å². The van der Waals surface area contributed by atoms with Gasteiger partial charge in [0, 0.05) is 17.7 Å². The molecule has 1 aliphatic heterocycles. The molecule has 1 heterocycles. The van der Waals surface area contributed by atoms with Crippen molar-refractivity contribution >= 4 is 29.4 Å². The molecule has 2 N–H and O–H groups in total. The van der Waals surface area contributed by atoms with Crippen molar-refractivity contribution < 1.29 is 23.9 Å². The lowest BCUT2D eigenvalue weighted by Gasteiger charge is -2.18. The largest absolute Gasteiger partial charge is 0.493 e. The molecular weight excluding hydrogens is 360 g/mol. The molecule has 3 rings (SSSR count). The Labute approximate surface area is 162 Å². The molecule has 1 aliphatic rings. The van der Waals surface area contributed by atoms with E-state index in [1.165, 1.54) is 7.11 Å². The molecule has 2 aromatic rings. The highest BCUT2D eigenvalue weighted by molar-refractivity contribution is 6.33. The predicted octanol–water partition coefficient (Wildman–Crippen LogP) is 2.02. The van der Waals surface area contributed by atoms with Crippen molar-refractivity contribution in [1.29, 1.82) is 0 Å². The zero-order chi connectivity index (χ0) is 20.1. The molecule has 7 heteroatoms. The van der Waals surface area contributed by atoms with E-state index in [9.17, 15) is 14.4 Å². The number of carbonyl (C=O) groups is 3. The Morgan fingerprint density at radius 2 is 1.82 bits per heavy atom. The monoisotopic (exact) mass is 380 g/mol. The number of imide groups is 1. The Kier molecular flexibility index (Phi) is 5.74. The lowest BCUT2D eigenvalue weighted by Crippen LogP contribution is -2.36. The van der Waals surface area contributed by atoms with Crippen LogP contribution in [0.1, 0.15) is 28.4 Å². The van der Waals surface area contributed by atoms with Gasteiger partial charge in [0.2, 0.25) is 0 Å². The van der Waals surface area contributed by atoms with Crippen molar-refractivity contribution in [2.45, 2.75) is 6.92 Å². The van der Waals surface area contributed by atoms with Crippen LogP contribution in [0.5, 0.6) is 11.5 Å².